The van der Waals surface area contributed by atoms with Crippen LogP contribution in [0.15, 0.2) is 36.5 Å². The predicted molar refractivity (Wildman–Crippen MR) is 63.4 cm³/mol. The van der Waals surface area contributed by atoms with Gasteiger partial charge in [0, 0.05) is 17.5 Å². The third-order valence-electron chi connectivity index (χ3n) is 2.03. The summed E-state index contributed by atoms with van der Waals surface area (Å²) < 4.78 is 0. The first kappa shape index (κ1) is 11.3. The molecule has 0 aliphatic heterocycles. The van der Waals surface area contributed by atoms with Gasteiger partial charge in [-0.3, -0.25) is 4.98 Å². The lowest BCUT2D eigenvalue weighted by Gasteiger charge is -1.99. The predicted octanol–water partition coefficient (Wildman–Crippen LogP) is 3.44. The normalized spacial score (nSPS) is 9.79. The molecule has 2 rings (SSSR count). The van der Waals surface area contributed by atoms with Gasteiger partial charge in [-0.15, -0.1) is 24.0 Å². The van der Waals surface area contributed by atoms with Crippen LogP contribution in [0, 0.1) is 0 Å². The van der Waals surface area contributed by atoms with Crippen LogP contribution in [0.5, 0.6) is 0 Å². The van der Waals surface area contributed by atoms with Crippen molar-refractivity contribution < 1.29 is 0 Å². The van der Waals surface area contributed by atoms with Crippen LogP contribution in [0.2, 0.25) is 0 Å². The summed E-state index contributed by atoms with van der Waals surface area (Å²) in [6, 6.07) is 10.2. The molecule has 0 saturated heterocycles. The molecule has 0 unspecified atom stereocenters. The lowest BCUT2D eigenvalue weighted by molar-refractivity contribution is 1.13. The third kappa shape index (κ3) is 2.37. The van der Waals surface area contributed by atoms with E-state index in [0.29, 0.717) is 5.88 Å². The maximum absolute atomic E-state index is 5.66. The number of hydrogen-bond acceptors (Lipinski definition) is 1. The molecule has 1 nitrogen and oxygen atoms in total. The Hall–Kier alpha value is -0.790. The Kier molecular flexibility index (Phi) is 4.18. The first-order valence-electron chi connectivity index (χ1n) is 4.30. The Morgan fingerprint density at radius 1 is 1.21 bits per heavy atom. The van der Waals surface area contributed by atoms with E-state index < -0.39 is 0 Å². The minimum Gasteiger partial charge on any atom is -0.256 e. The summed E-state index contributed by atoms with van der Waals surface area (Å²) >= 11 is 5.66. The molecule has 2 aromatic rings. The van der Waals surface area contributed by atoms with Crippen molar-refractivity contribution in [3.05, 3.63) is 42.1 Å². The maximum atomic E-state index is 5.66. The summed E-state index contributed by atoms with van der Waals surface area (Å²) in [6.45, 7) is 0. The minimum absolute atomic E-state index is 0. The van der Waals surface area contributed by atoms with Crippen LogP contribution in [-0.4, -0.2) is 10.9 Å². The first-order chi connectivity index (χ1) is 6.40. The molecule has 0 aliphatic carbocycles. The first-order valence-corrected chi connectivity index (χ1v) is 4.83. The third-order valence-corrected chi connectivity index (χ3v) is 2.22. The van der Waals surface area contributed by atoms with Gasteiger partial charge < -0.3 is 0 Å². The fourth-order valence-electron chi connectivity index (χ4n) is 1.36. The van der Waals surface area contributed by atoms with Gasteiger partial charge in [-0.25, -0.2) is 0 Å². The number of aromatic nitrogens is 1. The van der Waals surface area contributed by atoms with E-state index >= 15 is 0 Å². The van der Waals surface area contributed by atoms with Crippen molar-refractivity contribution >= 4 is 34.9 Å². The Morgan fingerprint density at radius 3 is 2.79 bits per heavy atom. The second-order valence-corrected chi connectivity index (χ2v) is 3.35. The molecular weight excluding hydrogens is 217 g/mol. The smallest absolute Gasteiger partial charge is 0.0702 e. The Bertz CT molecular complexity index is 415. The monoisotopic (exact) mass is 227 g/mol. The van der Waals surface area contributed by atoms with Gasteiger partial charge in [0.05, 0.1) is 5.52 Å². The van der Waals surface area contributed by atoms with E-state index in [1.54, 1.807) is 0 Å². The van der Waals surface area contributed by atoms with E-state index in [1.807, 2.05) is 24.4 Å². The molecule has 0 fully saturated rings. The summed E-state index contributed by atoms with van der Waals surface area (Å²) in [5, 5.41) is 1.19. The Labute approximate surface area is 94.5 Å². The topological polar surface area (TPSA) is 12.9 Å². The molecule has 0 saturated carbocycles. The summed E-state index contributed by atoms with van der Waals surface area (Å²) in [5.41, 5.74) is 2.24. The van der Waals surface area contributed by atoms with E-state index in [4.69, 9.17) is 11.6 Å². The number of hydrogen-bond donors (Lipinski definition) is 0. The van der Waals surface area contributed by atoms with Crippen molar-refractivity contribution in [3.8, 4) is 0 Å². The van der Waals surface area contributed by atoms with E-state index in [9.17, 15) is 0 Å². The second-order valence-electron chi connectivity index (χ2n) is 2.98. The van der Waals surface area contributed by atoms with Gasteiger partial charge in [0.1, 0.15) is 0 Å². The largest absolute Gasteiger partial charge is 0.256 e. The molecule has 3 heteroatoms. The number of halogens is 2. The van der Waals surface area contributed by atoms with Crippen molar-refractivity contribution in [2.75, 3.05) is 5.88 Å². The number of rotatable bonds is 2. The average Bonchev–Trinajstić information content (AvgIpc) is 2.18. The highest BCUT2D eigenvalue weighted by molar-refractivity contribution is 6.18. The van der Waals surface area contributed by atoms with Gasteiger partial charge in [0.15, 0.2) is 0 Å². The van der Waals surface area contributed by atoms with E-state index in [0.717, 1.165) is 11.9 Å². The summed E-state index contributed by atoms with van der Waals surface area (Å²) in [4.78, 5) is 4.34. The molecule has 0 bridgehead atoms. The maximum Gasteiger partial charge on any atom is 0.0702 e. The number of fused-ring (bicyclic) bond motifs is 1. The molecule has 14 heavy (non-hydrogen) atoms. The van der Waals surface area contributed by atoms with Crippen LogP contribution in [0.4, 0.5) is 0 Å². The molecule has 1 aromatic heterocycles. The van der Waals surface area contributed by atoms with Crippen LogP contribution >= 0.6 is 24.0 Å². The van der Waals surface area contributed by atoms with Gasteiger partial charge in [-0.1, -0.05) is 18.2 Å². The number of para-hydroxylation sites is 1. The molecule has 0 N–H and O–H groups in total. The van der Waals surface area contributed by atoms with Crippen LogP contribution in [-0.2, 0) is 6.42 Å². The minimum atomic E-state index is 0. The Morgan fingerprint density at radius 2 is 2.00 bits per heavy atom. The van der Waals surface area contributed by atoms with Gasteiger partial charge in [-0.05, 0) is 24.1 Å². The number of benzene rings is 1. The highest BCUT2D eigenvalue weighted by Gasteiger charge is 1.95. The van der Waals surface area contributed by atoms with E-state index in [1.165, 1.54) is 10.9 Å². The number of alkyl halides is 1. The molecular formula is C11H11Cl2N. The molecule has 1 aromatic carbocycles. The highest BCUT2D eigenvalue weighted by atomic mass is 35.5. The lowest BCUT2D eigenvalue weighted by Crippen LogP contribution is -1.88. The van der Waals surface area contributed by atoms with Crippen molar-refractivity contribution in [2.45, 2.75) is 6.42 Å². The SMILES string of the molecule is Cl.ClCCc1cnc2ccccc2c1. The average molecular weight is 228 g/mol. The number of pyridine rings is 1. The van der Waals surface area contributed by atoms with Gasteiger partial charge in [0.2, 0.25) is 0 Å². The van der Waals surface area contributed by atoms with Gasteiger partial charge in [-0.2, -0.15) is 0 Å². The molecule has 0 spiro atoms. The fourth-order valence-corrected chi connectivity index (χ4v) is 1.58. The van der Waals surface area contributed by atoms with E-state index in [-0.39, 0.29) is 12.4 Å². The molecule has 0 aliphatic rings. The van der Waals surface area contributed by atoms with E-state index in [2.05, 4.69) is 17.1 Å². The zero-order valence-corrected chi connectivity index (χ0v) is 9.18. The molecule has 1 heterocycles. The van der Waals surface area contributed by atoms with Crippen LogP contribution in [0.3, 0.4) is 0 Å². The zero-order valence-electron chi connectivity index (χ0n) is 7.61. The standard InChI is InChI=1S/C11H10ClN.ClH/c12-6-5-9-7-10-3-1-2-4-11(10)13-8-9;/h1-4,7-8H,5-6H2;1H. The van der Waals surface area contributed by atoms with Crippen LogP contribution in [0.1, 0.15) is 5.56 Å². The number of aryl methyl sites for hydroxylation is 1. The van der Waals surface area contributed by atoms with Crippen molar-refractivity contribution in [1.82, 2.24) is 4.98 Å². The molecule has 0 amide bonds. The van der Waals surface area contributed by atoms with Gasteiger partial charge in [0.25, 0.3) is 0 Å². The molecule has 0 radical (unpaired) electrons. The van der Waals surface area contributed by atoms with Crippen LogP contribution in [0.25, 0.3) is 10.9 Å². The second kappa shape index (κ2) is 5.18. The fraction of sp³-hybridized carbons (Fsp3) is 0.182. The van der Waals surface area contributed by atoms with Crippen molar-refractivity contribution in [2.24, 2.45) is 0 Å². The Balaban J connectivity index is 0.000000980. The summed E-state index contributed by atoms with van der Waals surface area (Å²) in [6.07, 6.45) is 2.78. The van der Waals surface area contributed by atoms with Crippen molar-refractivity contribution in [1.29, 1.82) is 0 Å². The molecule has 74 valence electrons. The number of nitrogens with zero attached hydrogens (tertiary/aromatic N) is 1. The zero-order chi connectivity index (χ0) is 9.10. The molecule has 0 atom stereocenters. The van der Waals surface area contributed by atoms with Crippen LogP contribution < -0.4 is 0 Å². The van der Waals surface area contributed by atoms with Gasteiger partial charge >= 0.3 is 0 Å². The summed E-state index contributed by atoms with van der Waals surface area (Å²) in [7, 11) is 0. The van der Waals surface area contributed by atoms with Crippen molar-refractivity contribution in [3.63, 3.8) is 0 Å². The quantitative estimate of drug-likeness (QED) is 0.717. The highest BCUT2D eigenvalue weighted by Crippen LogP contribution is 2.12. The summed E-state index contributed by atoms with van der Waals surface area (Å²) in [5.74, 6) is 0.653. The lowest BCUT2D eigenvalue weighted by atomic mass is 10.1.